The summed E-state index contributed by atoms with van der Waals surface area (Å²) >= 11 is 6.57. The van der Waals surface area contributed by atoms with Crippen LogP contribution in [0.5, 0.6) is 11.5 Å². The Morgan fingerprint density at radius 2 is 1.88 bits per heavy atom. The maximum Gasteiger partial charge on any atom is 0.311 e. The predicted molar refractivity (Wildman–Crippen MR) is 105 cm³/mol. The van der Waals surface area contributed by atoms with E-state index in [0.29, 0.717) is 17.1 Å². The van der Waals surface area contributed by atoms with Crippen molar-refractivity contribution < 1.29 is 14.3 Å². The van der Waals surface area contributed by atoms with Crippen LogP contribution in [0.1, 0.15) is 18.1 Å². The number of esters is 1. The van der Waals surface area contributed by atoms with Crippen molar-refractivity contribution in [1.29, 1.82) is 5.26 Å². The average molecular weight is 477 g/mol. The minimum Gasteiger partial charge on any atom is -0.457 e. The number of nitriles is 1. The zero-order chi connectivity index (χ0) is 18.5. The molecule has 0 spiro atoms. The van der Waals surface area contributed by atoms with E-state index < -0.39 is 6.10 Å². The number of para-hydroxylation sites is 1. The number of ether oxygens (including phenoxy) is 2. The normalized spacial score (nSPS) is 19.0. The summed E-state index contributed by atoms with van der Waals surface area (Å²) in [7, 11) is 0. The Balaban J connectivity index is 1.67. The van der Waals surface area contributed by atoms with E-state index in [4.69, 9.17) is 9.47 Å². The fraction of sp³-hybridized carbons (Fsp3) is 0.200. The monoisotopic (exact) mass is 475 g/mol. The number of rotatable bonds is 6. The summed E-state index contributed by atoms with van der Waals surface area (Å²) in [6.45, 7) is 0. The third kappa shape index (κ3) is 4.96. The highest BCUT2D eigenvalue weighted by Crippen LogP contribution is 2.43. The number of hydrogen-bond donors (Lipinski definition) is 0. The van der Waals surface area contributed by atoms with Crippen LogP contribution in [0.2, 0.25) is 0 Å². The van der Waals surface area contributed by atoms with Gasteiger partial charge in [0.05, 0.1) is 9.31 Å². The van der Waals surface area contributed by atoms with Gasteiger partial charge >= 0.3 is 5.97 Å². The highest BCUT2D eigenvalue weighted by Gasteiger charge is 2.43. The van der Waals surface area contributed by atoms with Gasteiger partial charge in [0.25, 0.3) is 0 Å². The molecular weight excluding hydrogens is 462 g/mol. The molecule has 1 fully saturated rings. The minimum atomic E-state index is -0.959. The predicted octanol–water partition coefficient (Wildman–Crippen LogP) is 5.85. The standard InChI is InChI=1S/C20H15Br2NO3/c21-19(22)11-14-10-17(14)20(24)26-18(12-23)13-5-4-8-16(9-13)25-15-6-2-1-3-7-15/h1-9,11,14,17-18H,10H2/t14-,17-,18?/m0/s1. The molecule has 1 saturated carbocycles. The van der Waals surface area contributed by atoms with Crippen molar-refractivity contribution in [1.82, 2.24) is 0 Å². The number of nitrogens with zero attached hydrogens (tertiary/aromatic N) is 1. The zero-order valence-electron chi connectivity index (χ0n) is 13.6. The second kappa shape index (κ2) is 8.52. The van der Waals surface area contributed by atoms with E-state index in [1.807, 2.05) is 42.5 Å². The molecule has 0 aliphatic heterocycles. The van der Waals surface area contributed by atoms with Gasteiger partial charge in [0.15, 0.2) is 0 Å². The van der Waals surface area contributed by atoms with Gasteiger partial charge in [-0.3, -0.25) is 4.79 Å². The second-order valence-electron chi connectivity index (χ2n) is 5.90. The highest BCUT2D eigenvalue weighted by atomic mass is 79.9. The SMILES string of the molecule is N#CC(OC(=O)[C@H]1C[C@H]1C=C(Br)Br)c1cccc(Oc2ccccc2)c1. The lowest BCUT2D eigenvalue weighted by molar-refractivity contribution is -0.148. The van der Waals surface area contributed by atoms with Gasteiger partial charge in [0.2, 0.25) is 6.10 Å². The maximum absolute atomic E-state index is 12.3. The van der Waals surface area contributed by atoms with Crippen molar-refractivity contribution in [2.45, 2.75) is 12.5 Å². The molecule has 3 rings (SSSR count). The number of benzene rings is 2. The van der Waals surface area contributed by atoms with E-state index in [9.17, 15) is 10.1 Å². The van der Waals surface area contributed by atoms with Crippen molar-refractivity contribution >= 4 is 37.8 Å². The van der Waals surface area contributed by atoms with Crippen LogP contribution in [0, 0.1) is 23.2 Å². The lowest BCUT2D eigenvalue weighted by atomic mass is 10.1. The summed E-state index contributed by atoms with van der Waals surface area (Å²) in [5, 5.41) is 9.43. The summed E-state index contributed by atoms with van der Waals surface area (Å²) in [5.74, 6) is 0.875. The lowest BCUT2D eigenvalue weighted by Gasteiger charge is -2.13. The molecule has 2 aromatic carbocycles. The topological polar surface area (TPSA) is 59.3 Å². The molecule has 1 unspecified atom stereocenters. The summed E-state index contributed by atoms with van der Waals surface area (Å²) in [5.41, 5.74) is 0.587. The van der Waals surface area contributed by atoms with Crippen LogP contribution >= 0.6 is 31.9 Å². The van der Waals surface area contributed by atoms with Gasteiger partial charge in [-0.1, -0.05) is 36.4 Å². The van der Waals surface area contributed by atoms with Crippen molar-refractivity contribution in [3.8, 4) is 17.6 Å². The van der Waals surface area contributed by atoms with Crippen molar-refractivity contribution in [3.05, 3.63) is 69.6 Å². The molecule has 0 saturated heterocycles. The van der Waals surface area contributed by atoms with Gasteiger partial charge in [-0.25, -0.2) is 0 Å². The summed E-state index contributed by atoms with van der Waals surface area (Å²) < 4.78 is 12.0. The molecule has 3 atom stereocenters. The molecule has 0 radical (unpaired) electrons. The van der Waals surface area contributed by atoms with E-state index in [2.05, 4.69) is 31.9 Å². The fourth-order valence-corrected chi connectivity index (χ4v) is 3.25. The van der Waals surface area contributed by atoms with Crippen LogP contribution in [0.4, 0.5) is 0 Å². The first-order chi connectivity index (χ1) is 12.6. The maximum atomic E-state index is 12.3. The van der Waals surface area contributed by atoms with Gasteiger partial charge < -0.3 is 9.47 Å². The Kier molecular flexibility index (Phi) is 6.12. The van der Waals surface area contributed by atoms with Gasteiger partial charge in [-0.15, -0.1) is 0 Å². The van der Waals surface area contributed by atoms with E-state index in [1.165, 1.54) is 0 Å². The lowest BCUT2D eigenvalue weighted by Crippen LogP contribution is -2.12. The molecule has 0 heterocycles. The average Bonchev–Trinajstić information content (AvgIpc) is 3.39. The first kappa shape index (κ1) is 18.7. The van der Waals surface area contributed by atoms with Crippen molar-refractivity contribution in [2.24, 2.45) is 11.8 Å². The molecule has 1 aliphatic carbocycles. The molecule has 4 nitrogen and oxygen atoms in total. The molecule has 132 valence electrons. The second-order valence-corrected chi connectivity index (χ2v) is 8.67. The van der Waals surface area contributed by atoms with Crippen LogP contribution in [0.15, 0.2) is 64.1 Å². The van der Waals surface area contributed by atoms with E-state index in [1.54, 1.807) is 24.3 Å². The number of halogens is 2. The fourth-order valence-electron chi connectivity index (χ4n) is 2.57. The third-order valence-electron chi connectivity index (χ3n) is 3.97. The Bertz CT molecular complexity index is 857. The summed E-state index contributed by atoms with van der Waals surface area (Å²) in [6, 6.07) is 18.4. The molecule has 1 aliphatic rings. The molecule has 0 aromatic heterocycles. The van der Waals surface area contributed by atoms with E-state index in [0.717, 1.165) is 9.81 Å². The Hall–Kier alpha value is -2.10. The smallest absolute Gasteiger partial charge is 0.311 e. The summed E-state index contributed by atoms with van der Waals surface area (Å²) in [4.78, 5) is 12.3. The molecule has 0 N–H and O–H groups in total. The van der Waals surface area contributed by atoms with E-state index in [-0.39, 0.29) is 17.8 Å². The Morgan fingerprint density at radius 3 is 2.58 bits per heavy atom. The number of carbonyl (C=O) groups is 1. The molecule has 6 heteroatoms. The van der Waals surface area contributed by atoms with Gasteiger partial charge in [-0.05, 0) is 68.5 Å². The summed E-state index contributed by atoms with van der Waals surface area (Å²) in [6.07, 6.45) is 1.69. The molecule has 2 aromatic rings. The van der Waals surface area contributed by atoms with Crippen molar-refractivity contribution in [2.75, 3.05) is 0 Å². The Labute approximate surface area is 168 Å². The van der Waals surface area contributed by atoms with Crippen LogP contribution < -0.4 is 4.74 Å². The third-order valence-corrected chi connectivity index (χ3v) is 4.50. The largest absolute Gasteiger partial charge is 0.457 e. The van der Waals surface area contributed by atoms with Crippen molar-refractivity contribution in [3.63, 3.8) is 0 Å². The van der Waals surface area contributed by atoms with Gasteiger partial charge in [-0.2, -0.15) is 5.26 Å². The molecule has 26 heavy (non-hydrogen) atoms. The zero-order valence-corrected chi connectivity index (χ0v) is 16.8. The first-order valence-electron chi connectivity index (χ1n) is 8.02. The van der Waals surface area contributed by atoms with Crippen LogP contribution in [0.25, 0.3) is 0 Å². The molecule has 0 bridgehead atoms. The quantitative estimate of drug-likeness (QED) is 0.490. The highest BCUT2D eigenvalue weighted by molar-refractivity contribution is 9.28. The molecule has 0 amide bonds. The first-order valence-corrected chi connectivity index (χ1v) is 9.61. The number of allylic oxidation sites excluding steroid dienone is 1. The van der Waals surface area contributed by atoms with E-state index >= 15 is 0 Å². The van der Waals surface area contributed by atoms with Crippen LogP contribution in [0.3, 0.4) is 0 Å². The van der Waals surface area contributed by atoms with Gasteiger partial charge in [0.1, 0.15) is 17.6 Å². The van der Waals surface area contributed by atoms with Crippen LogP contribution in [-0.4, -0.2) is 5.97 Å². The Morgan fingerprint density at radius 1 is 1.15 bits per heavy atom. The number of hydrogen-bond acceptors (Lipinski definition) is 4. The van der Waals surface area contributed by atoms with Gasteiger partial charge in [0, 0.05) is 5.56 Å². The van der Waals surface area contributed by atoms with Crippen LogP contribution in [-0.2, 0) is 9.53 Å². The molecular formula is C20H15Br2NO3. The minimum absolute atomic E-state index is 0.142. The number of carbonyl (C=O) groups excluding carboxylic acids is 1.